The topological polar surface area (TPSA) is 79.5 Å². The van der Waals surface area contributed by atoms with Crippen LogP contribution in [0.4, 0.5) is 20.3 Å². The van der Waals surface area contributed by atoms with Crippen molar-refractivity contribution in [2.75, 3.05) is 5.32 Å². The predicted octanol–water partition coefficient (Wildman–Crippen LogP) is 4.31. The molecule has 0 amide bonds. The van der Waals surface area contributed by atoms with Gasteiger partial charge in [0.15, 0.2) is 5.82 Å². The molecule has 0 unspecified atom stereocenters. The minimum atomic E-state index is -1.13. The molecule has 0 bridgehead atoms. The van der Waals surface area contributed by atoms with Gasteiger partial charge in [-0.2, -0.15) is 5.10 Å². The summed E-state index contributed by atoms with van der Waals surface area (Å²) in [7, 11) is 0. The number of hydrogen-bond donors (Lipinski definition) is 2. The molecule has 4 rings (SSSR count). The highest BCUT2D eigenvalue weighted by atomic mass is 35.5. The molecule has 0 saturated carbocycles. The van der Waals surface area contributed by atoms with E-state index in [0.717, 1.165) is 12.1 Å². The summed E-state index contributed by atoms with van der Waals surface area (Å²) in [5, 5.41) is 16.6. The molecule has 0 spiro atoms. The smallest absolute Gasteiger partial charge is 0.335 e. The summed E-state index contributed by atoms with van der Waals surface area (Å²) in [5.41, 5.74) is 0.826. The van der Waals surface area contributed by atoms with Crippen LogP contribution in [0.3, 0.4) is 0 Å². The normalized spacial score (nSPS) is 12.5. The first-order valence-electron chi connectivity index (χ1n) is 7.79. The number of benzene rings is 2. The lowest BCUT2D eigenvalue weighted by molar-refractivity contribution is 0.0697. The third-order valence-corrected chi connectivity index (χ3v) is 4.55. The van der Waals surface area contributed by atoms with Crippen molar-refractivity contribution in [2.24, 2.45) is 4.99 Å². The van der Waals surface area contributed by atoms with Gasteiger partial charge in [0, 0.05) is 0 Å². The Morgan fingerprint density at radius 1 is 1.22 bits per heavy atom. The van der Waals surface area contributed by atoms with Crippen LogP contribution in [0.5, 0.6) is 0 Å². The Bertz CT molecular complexity index is 1120. The number of aryl methyl sites for hydroxylation is 1. The second-order valence-corrected chi connectivity index (χ2v) is 6.23. The Balaban J connectivity index is 2.02. The van der Waals surface area contributed by atoms with Crippen LogP contribution in [-0.4, -0.2) is 26.7 Å². The number of amidine groups is 1. The number of aromatic carboxylic acids is 1. The van der Waals surface area contributed by atoms with E-state index in [1.807, 2.05) is 0 Å². The van der Waals surface area contributed by atoms with E-state index in [1.54, 1.807) is 6.92 Å². The lowest BCUT2D eigenvalue weighted by atomic mass is 10.1. The quantitative estimate of drug-likeness (QED) is 0.685. The van der Waals surface area contributed by atoms with Crippen LogP contribution in [0.15, 0.2) is 41.4 Å². The molecule has 0 fully saturated rings. The second-order valence-electron chi connectivity index (χ2n) is 5.85. The van der Waals surface area contributed by atoms with E-state index < -0.39 is 17.6 Å². The van der Waals surface area contributed by atoms with E-state index >= 15 is 0 Å². The van der Waals surface area contributed by atoms with Gasteiger partial charge in [0.1, 0.15) is 22.5 Å². The molecule has 2 heterocycles. The van der Waals surface area contributed by atoms with Crippen LogP contribution < -0.4 is 5.32 Å². The average Bonchev–Trinajstić information content (AvgIpc) is 2.81. The van der Waals surface area contributed by atoms with Gasteiger partial charge in [0.25, 0.3) is 0 Å². The van der Waals surface area contributed by atoms with Crippen molar-refractivity contribution in [1.29, 1.82) is 0 Å². The number of carboxylic acid groups (broad SMARTS) is 1. The average molecular weight is 389 g/mol. The first kappa shape index (κ1) is 17.2. The fourth-order valence-corrected chi connectivity index (χ4v) is 2.97. The molecular formula is C18H11ClF2N4O2. The Labute approximate surface area is 156 Å². The lowest BCUT2D eigenvalue weighted by Crippen LogP contribution is -2.17. The Hall–Kier alpha value is -3.26. The first-order chi connectivity index (χ1) is 12.9. The van der Waals surface area contributed by atoms with Crippen LogP contribution in [0.2, 0.25) is 5.02 Å². The molecule has 2 N–H and O–H groups in total. The zero-order chi connectivity index (χ0) is 19.3. The number of hydrogen-bond acceptors (Lipinski definition) is 4. The van der Waals surface area contributed by atoms with E-state index in [2.05, 4.69) is 15.4 Å². The number of carbonyl (C=O) groups is 1. The highest BCUT2D eigenvalue weighted by Crippen LogP contribution is 2.37. The van der Waals surface area contributed by atoms with Gasteiger partial charge >= 0.3 is 5.97 Å². The highest BCUT2D eigenvalue weighted by Gasteiger charge is 2.25. The molecule has 6 nitrogen and oxygen atoms in total. The fourth-order valence-electron chi connectivity index (χ4n) is 2.81. The van der Waals surface area contributed by atoms with E-state index in [9.17, 15) is 18.7 Å². The number of rotatable bonds is 2. The van der Waals surface area contributed by atoms with Crippen molar-refractivity contribution in [3.8, 4) is 5.69 Å². The molecule has 0 saturated heterocycles. The van der Waals surface area contributed by atoms with Crippen LogP contribution in [0.1, 0.15) is 21.6 Å². The van der Waals surface area contributed by atoms with E-state index in [1.165, 1.54) is 28.9 Å². The van der Waals surface area contributed by atoms with Crippen molar-refractivity contribution >= 4 is 34.9 Å². The number of halogens is 3. The van der Waals surface area contributed by atoms with Crippen molar-refractivity contribution < 1.29 is 18.7 Å². The van der Waals surface area contributed by atoms with Crippen molar-refractivity contribution in [3.63, 3.8) is 0 Å². The van der Waals surface area contributed by atoms with Gasteiger partial charge in [-0.1, -0.05) is 17.7 Å². The number of fused-ring (bicyclic) bond motifs is 3. The van der Waals surface area contributed by atoms with E-state index in [4.69, 9.17) is 11.6 Å². The predicted molar refractivity (Wildman–Crippen MR) is 96.4 cm³/mol. The Kier molecular flexibility index (Phi) is 3.92. The molecule has 1 aliphatic heterocycles. The van der Waals surface area contributed by atoms with Crippen LogP contribution in [0, 0.1) is 18.6 Å². The van der Waals surface area contributed by atoms with Crippen LogP contribution in [0.25, 0.3) is 5.69 Å². The summed E-state index contributed by atoms with van der Waals surface area (Å²) >= 11 is 6.28. The minimum Gasteiger partial charge on any atom is -0.478 e. The van der Waals surface area contributed by atoms with Gasteiger partial charge in [-0.05, 0) is 37.3 Å². The largest absolute Gasteiger partial charge is 0.478 e. The monoisotopic (exact) mass is 388 g/mol. The number of nitrogens with zero attached hydrogens (tertiary/aromatic N) is 3. The molecule has 0 radical (unpaired) electrons. The number of anilines is 1. The maximum Gasteiger partial charge on any atom is 0.335 e. The van der Waals surface area contributed by atoms with Crippen molar-refractivity contribution in [2.45, 2.75) is 6.92 Å². The SMILES string of the molecule is Cc1nn2c(c1Cl)N=C(c1c(F)cccc1F)Nc1ccc(C(=O)O)cc1-2. The van der Waals surface area contributed by atoms with Crippen LogP contribution in [-0.2, 0) is 0 Å². The first-order valence-corrected chi connectivity index (χ1v) is 8.17. The summed E-state index contributed by atoms with van der Waals surface area (Å²) < 4.78 is 29.9. The number of carboxylic acids is 1. The van der Waals surface area contributed by atoms with E-state index in [0.29, 0.717) is 17.1 Å². The summed E-state index contributed by atoms with van der Waals surface area (Å²) in [5.74, 6) is -2.69. The Morgan fingerprint density at radius 2 is 1.93 bits per heavy atom. The molecule has 3 aromatic rings. The molecule has 1 aromatic heterocycles. The minimum absolute atomic E-state index is 0.0197. The van der Waals surface area contributed by atoms with Gasteiger partial charge in [-0.25, -0.2) is 23.2 Å². The molecule has 27 heavy (non-hydrogen) atoms. The third kappa shape index (κ3) is 2.74. The van der Waals surface area contributed by atoms with Crippen molar-refractivity contribution in [1.82, 2.24) is 9.78 Å². The second kappa shape index (κ2) is 6.17. The van der Waals surface area contributed by atoms with Gasteiger partial charge in [-0.15, -0.1) is 0 Å². The number of aliphatic imine (C=N–C) groups is 1. The number of nitrogens with one attached hydrogen (secondary N) is 1. The Morgan fingerprint density at radius 3 is 2.59 bits per heavy atom. The molecule has 1 aliphatic rings. The van der Waals surface area contributed by atoms with Gasteiger partial charge in [0.2, 0.25) is 0 Å². The maximum absolute atomic E-state index is 14.3. The van der Waals surface area contributed by atoms with Gasteiger partial charge in [-0.3, -0.25) is 0 Å². The van der Waals surface area contributed by atoms with Gasteiger partial charge in [0.05, 0.1) is 28.2 Å². The molecular weight excluding hydrogens is 378 g/mol. The molecule has 136 valence electrons. The standard InChI is InChI=1S/C18H11ClF2N4O2/c1-8-15(19)17-23-16(14-10(20)3-2-4-11(14)21)22-12-6-5-9(18(26)27)7-13(12)25(17)24-8/h2-7H,1H3,(H,22,23)(H,26,27). The summed E-state index contributed by atoms with van der Waals surface area (Å²) in [4.78, 5) is 15.6. The van der Waals surface area contributed by atoms with Gasteiger partial charge < -0.3 is 10.4 Å². The zero-order valence-electron chi connectivity index (χ0n) is 13.8. The molecule has 0 aliphatic carbocycles. The lowest BCUT2D eigenvalue weighted by Gasteiger charge is -2.12. The third-order valence-electron chi connectivity index (χ3n) is 4.11. The maximum atomic E-state index is 14.3. The van der Waals surface area contributed by atoms with E-state index in [-0.39, 0.29) is 27.8 Å². The summed E-state index contributed by atoms with van der Waals surface area (Å²) in [6.45, 7) is 1.65. The van der Waals surface area contributed by atoms with Crippen LogP contribution >= 0.6 is 11.6 Å². The molecule has 0 atom stereocenters. The molecule has 9 heteroatoms. The number of aromatic nitrogens is 2. The zero-order valence-corrected chi connectivity index (χ0v) is 14.6. The van der Waals surface area contributed by atoms with Crippen molar-refractivity contribution in [3.05, 3.63) is 69.9 Å². The summed E-state index contributed by atoms with van der Waals surface area (Å²) in [6, 6.07) is 7.71. The summed E-state index contributed by atoms with van der Waals surface area (Å²) in [6.07, 6.45) is 0. The fraction of sp³-hybridized carbons (Fsp3) is 0.0556. The molecule has 2 aromatic carbocycles. The highest BCUT2D eigenvalue weighted by molar-refractivity contribution is 6.33.